The molecule has 4 heteroatoms. The summed E-state index contributed by atoms with van der Waals surface area (Å²) in [6.45, 7) is 4.70. The van der Waals surface area contributed by atoms with E-state index in [1.807, 2.05) is 0 Å². The molecule has 1 aliphatic carbocycles. The van der Waals surface area contributed by atoms with E-state index in [1.165, 1.54) is 18.9 Å². The standard InChI is InChI=1S/C16H23FN2O/c1-3-12-8-9-14(11(12)2)18-10-16(20)19-15-7-5-4-6-13(15)17/h4-7,11-12,14,18H,3,8-10H2,1-2H3,(H,19,20). The first-order valence-electron chi connectivity index (χ1n) is 7.39. The second kappa shape index (κ2) is 6.84. The molecule has 0 spiro atoms. The fourth-order valence-corrected chi connectivity index (χ4v) is 3.09. The van der Waals surface area contributed by atoms with Gasteiger partial charge in [0.05, 0.1) is 12.2 Å². The summed E-state index contributed by atoms with van der Waals surface area (Å²) >= 11 is 0. The average Bonchev–Trinajstić information content (AvgIpc) is 2.79. The van der Waals surface area contributed by atoms with Gasteiger partial charge >= 0.3 is 0 Å². The van der Waals surface area contributed by atoms with Crippen LogP contribution >= 0.6 is 0 Å². The lowest BCUT2D eigenvalue weighted by molar-refractivity contribution is -0.115. The van der Waals surface area contributed by atoms with Crippen molar-refractivity contribution >= 4 is 11.6 Å². The van der Waals surface area contributed by atoms with Crippen molar-refractivity contribution in [2.45, 2.75) is 39.2 Å². The molecule has 1 amide bonds. The molecule has 1 saturated carbocycles. The number of amides is 1. The maximum atomic E-state index is 13.4. The summed E-state index contributed by atoms with van der Waals surface area (Å²) in [4.78, 5) is 11.8. The lowest BCUT2D eigenvalue weighted by atomic mass is 9.93. The summed E-state index contributed by atoms with van der Waals surface area (Å²) in [5.74, 6) is 0.756. The Labute approximate surface area is 120 Å². The zero-order valence-corrected chi connectivity index (χ0v) is 12.2. The summed E-state index contributed by atoms with van der Waals surface area (Å²) < 4.78 is 13.4. The van der Waals surface area contributed by atoms with Crippen molar-refractivity contribution < 1.29 is 9.18 Å². The minimum absolute atomic E-state index is 0.192. The highest BCUT2D eigenvalue weighted by Gasteiger charge is 2.31. The maximum absolute atomic E-state index is 13.4. The van der Waals surface area contributed by atoms with Crippen LogP contribution in [-0.2, 0) is 4.79 Å². The molecule has 1 aliphatic rings. The molecule has 3 nitrogen and oxygen atoms in total. The van der Waals surface area contributed by atoms with Gasteiger partial charge in [-0.3, -0.25) is 4.79 Å². The number of halogens is 1. The zero-order valence-electron chi connectivity index (χ0n) is 12.2. The quantitative estimate of drug-likeness (QED) is 0.868. The van der Waals surface area contributed by atoms with Gasteiger partial charge in [-0.1, -0.05) is 32.4 Å². The second-order valence-electron chi connectivity index (χ2n) is 5.62. The summed E-state index contributed by atoms with van der Waals surface area (Å²) in [6.07, 6.45) is 3.54. The molecule has 3 unspecified atom stereocenters. The fourth-order valence-electron chi connectivity index (χ4n) is 3.09. The monoisotopic (exact) mass is 278 g/mol. The minimum Gasteiger partial charge on any atom is -0.322 e. The van der Waals surface area contributed by atoms with Crippen molar-refractivity contribution in [1.82, 2.24) is 5.32 Å². The molecule has 0 aromatic heterocycles. The molecule has 3 atom stereocenters. The number of anilines is 1. The Morgan fingerprint density at radius 2 is 2.10 bits per heavy atom. The van der Waals surface area contributed by atoms with Crippen LogP contribution < -0.4 is 10.6 Å². The van der Waals surface area contributed by atoms with Crippen molar-refractivity contribution in [3.05, 3.63) is 30.1 Å². The summed E-state index contributed by atoms with van der Waals surface area (Å²) in [5, 5.41) is 5.90. The number of hydrogen-bond acceptors (Lipinski definition) is 2. The molecule has 1 aromatic rings. The van der Waals surface area contributed by atoms with Gasteiger partial charge < -0.3 is 10.6 Å². The molecule has 1 fully saturated rings. The minimum atomic E-state index is -0.402. The number of carbonyl (C=O) groups is 1. The maximum Gasteiger partial charge on any atom is 0.238 e. The molecule has 2 rings (SSSR count). The predicted octanol–water partition coefficient (Wildman–Crippen LogP) is 3.18. The normalized spacial score (nSPS) is 25.6. The Hall–Kier alpha value is -1.42. The number of para-hydroxylation sites is 1. The van der Waals surface area contributed by atoms with Gasteiger partial charge in [-0.15, -0.1) is 0 Å². The van der Waals surface area contributed by atoms with Crippen molar-refractivity contribution in [3.8, 4) is 0 Å². The zero-order chi connectivity index (χ0) is 14.5. The number of rotatable bonds is 5. The second-order valence-corrected chi connectivity index (χ2v) is 5.62. The van der Waals surface area contributed by atoms with E-state index in [-0.39, 0.29) is 18.1 Å². The summed E-state index contributed by atoms with van der Waals surface area (Å²) in [7, 11) is 0. The first kappa shape index (κ1) is 15.0. The first-order chi connectivity index (χ1) is 9.61. The van der Waals surface area contributed by atoms with Crippen LogP contribution in [0.3, 0.4) is 0 Å². The number of benzene rings is 1. The molecular formula is C16H23FN2O. The Morgan fingerprint density at radius 3 is 2.75 bits per heavy atom. The van der Waals surface area contributed by atoms with Gasteiger partial charge in [-0.25, -0.2) is 4.39 Å². The fraction of sp³-hybridized carbons (Fsp3) is 0.562. The van der Waals surface area contributed by atoms with Gasteiger partial charge in [0, 0.05) is 6.04 Å². The molecule has 2 N–H and O–H groups in total. The Morgan fingerprint density at radius 1 is 1.35 bits per heavy atom. The molecule has 0 saturated heterocycles. The van der Waals surface area contributed by atoms with Gasteiger partial charge in [-0.05, 0) is 36.8 Å². The summed E-state index contributed by atoms with van der Waals surface area (Å²) in [6, 6.07) is 6.61. The van der Waals surface area contributed by atoms with Gasteiger partial charge in [0.2, 0.25) is 5.91 Å². The van der Waals surface area contributed by atoms with E-state index in [0.29, 0.717) is 12.0 Å². The highest BCUT2D eigenvalue weighted by Crippen LogP contribution is 2.33. The Bertz CT molecular complexity index is 464. The van der Waals surface area contributed by atoms with Crippen LogP contribution in [0.1, 0.15) is 33.1 Å². The van der Waals surface area contributed by atoms with Crippen LogP contribution in [0.15, 0.2) is 24.3 Å². The lowest BCUT2D eigenvalue weighted by Gasteiger charge is -2.20. The van der Waals surface area contributed by atoms with E-state index in [2.05, 4.69) is 24.5 Å². The number of nitrogens with one attached hydrogen (secondary N) is 2. The summed E-state index contributed by atoms with van der Waals surface area (Å²) in [5.41, 5.74) is 0.241. The van der Waals surface area contributed by atoms with E-state index in [1.54, 1.807) is 18.2 Å². The Kier molecular flexibility index (Phi) is 5.12. The molecule has 20 heavy (non-hydrogen) atoms. The lowest BCUT2D eigenvalue weighted by Crippen LogP contribution is -2.38. The molecule has 0 bridgehead atoms. The van der Waals surface area contributed by atoms with E-state index >= 15 is 0 Å². The smallest absolute Gasteiger partial charge is 0.238 e. The third kappa shape index (κ3) is 3.57. The van der Waals surface area contributed by atoms with Crippen LogP contribution in [0.2, 0.25) is 0 Å². The molecule has 0 radical (unpaired) electrons. The van der Waals surface area contributed by atoms with E-state index < -0.39 is 5.82 Å². The predicted molar refractivity (Wildman–Crippen MR) is 79.0 cm³/mol. The van der Waals surface area contributed by atoms with Crippen LogP contribution in [0.4, 0.5) is 10.1 Å². The van der Waals surface area contributed by atoms with Gasteiger partial charge in [-0.2, -0.15) is 0 Å². The van der Waals surface area contributed by atoms with Crippen LogP contribution in [0, 0.1) is 17.7 Å². The third-order valence-corrected chi connectivity index (χ3v) is 4.42. The molecule has 0 heterocycles. The van der Waals surface area contributed by atoms with Gasteiger partial charge in [0.1, 0.15) is 5.82 Å². The van der Waals surface area contributed by atoms with E-state index in [0.717, 1.165) is 12.3 Å². The van der Waals surface area contributed by atoms with Crippen LogP contribution in [0.25, 0.3) is 0 Å². The molecule has 0 aliphatic heterocycles. The van der Waals surface area contributed by atoms with Crippen molar-refractivity contribution in [2.24, 2.45) is 11.8 Å². The van der Waals surface area contributed by atoms with E-state index in [4.69, 9.17) is 0 Å². The van der Waals surface area contributed by atoms with Crippen molar-refractivity contribution in [2.75, 3.05) is 11.9 Å². The largest absolute Gasteiger partial charge is 0.322 e. The Balaban J connectivity index is 1.80. The van der Waals surface area contributed by atoms with E-state index in [9.17, 15) is 9.18 Å². The van der Waals surface area contributed by atoms with Crippen molar-refractivity contribution in [3.63, 3.8) is 0 Å². The first-order valence-corrected chi connectivity index (χ1v) is 7.39. The average molecular weight is 278 g/mol. The highest BCUT2D eigenvalue weighted by atomic mass is 19.1. The van der Waals surface area contributed by atoms with Crippen LogP contribution in [-0.4, -0.2) is 18.5 Å². The molecular weight excluding hydrogens is 255 g/mol. The highest BCUT2D eigenvalue weighted by molar-refractivity contribution is 5.92. The van der Waals surface area contributed by atoms with Crippen LogP contribution in [0.5, 0.6) is 0 Å². The molecule has 110 valence electrons. The topological polar surface area (TPSA) is 41.1 Å². The third-order valence-electron chi connectivity index (χ3n) is 4.42. The molecule has 1 aromatic carbocycles. The number of carbonyl (C=O) groups excluding carboxylic acids is 1. The van der Waals surface area contributed by atoms with Gasteiger partial charge in [0.25, 0.3) is 0 Å². The van der Waals surface area contributed by atoms with Gasteiger partial charge in [0.15, 0.2) is 0 Å². The van der Waals surface area contributed by atoms with Crippen molar-refractivity contribution in [1.29, 1.82) is 0 Å². The SMILES string of the molecule is CCC1CCC(NCC(=O)Nc2ccccc2F)C1C. The number of hydrogen-bond donors (Lipinski definition) is 2.